The van der Waals surface area contributed by atoms with Crippen molar-refractivity contribution in [2.75, 3.05) is 28.3 Å². The van der Waals surface area contributed by atoms with Gasteiger partial charge in [0, 0.05) is 32.5 Å². The number of aliphatic hydroxyl groups is 2. The summed E-state index contributed by atoms with van der Waals surface area (Å²) < 4.78 is 37.2. The Kier molecular flexibility index (Phi) is 12.2. The fourth-order valence-corrected chi connectivity index (χ4v) is 7.47. The summed E-state index contributed by atoms with van der Waals surface area (Å²) in [5, 5.41) is 25.5. The van der Waals surface area contributed by atoms with Gasteiger partial charge >= 0.3 is 12.1 Å². The summed E-state index contributed by atoms with van der Waals surface area (Å²) in [5.41, 5.74) is -3.06. The quantitative estimate of drug-likeness (QED) is 0.214. The molecule has 0 spiro atoms. The lowest BCUT2D eigenvalue weighted by atomic mass is 9.73. The third-order valence-corrected chi connectivity index (χ3v) is 10.5. The molecule has 0 aliphatic carbocycles. The van der Waals surface area contributed by atoms with Gasteiger partial charge in [0.15, 0.2) is 11.9 Å². The average molecular weight is 643 g/mol. The fraction of sp³-hybridized carbons (Fsp3) is 0.879. The van der Waals surface area contributed by atoms with Gasteiger partial charge in [-0.25, -0.2) is 4.79 Å². The number of esters is 1. The number of hydrogen-bond donors (Lipinski definition) is 3. The molecule has 3 fully saturated rings. The summed E-state index contributed by atoms with van der Waals surface area (Å²) in [6, 6.07) is -0.207. The highest BCUT2D eigenvalue weighted by atomic mass is 16.7. The van der Waals surface area contributed by atoms with Gasteiger partial charge in [-0.1, -0.05) is 26.8 Å². The van der Waals surface area contributed by atoms with E-state index in [0.717, 1.165) is 0 Å². The molecule has 14 atom stereocenters. The third kappa shape index (κ3) is 7.69. The lowest BCUT2D eigenvalue weighted by Crippen LogP contribution is -2.60. The van der Waals surface area contributed by atoms with Crippen molar-refractivity contribution in [1.82, 2.24) is 10.2 Å². The van der Waals surface area contributed by atoms with Crippen molar-refractivity contribution in [3.63, 3.8) is 0 Å². The molecule has 12 heteroatoms. The fourth-order valence-electron chi connectivity index (χ4n) is 7.47. The van der Waals surface area contributed by atoms with Gasteiger partial charge in [-0.05, 0) is 67.0 Å². The van der Waals surface area contributed by atoms with Gasteiger partial charge in [0.2, 0.25) is 0 Å². The maximum atomic E-state index is 13.6. The van der Waals surface area contributed by atoms with Crippen LogP contribution in [0, 0.1) is 17.8 Å². The van der Waals surface area contributed by atoms with Crippen LogP contribution in [0.5, 0.6) is 0 Å². The van der Waals surface area contributed by atoms with E-state index in [1.165, 1.54) is 7.05 Å². The van der Waals surface area contributed by atoms with Crippen LogP contribution in [0.15, 0.2) is 12.7 Å². The molecule has 0 radical (unpaired) electrons. The van der Waals surface area contributed by atoms with E-state index in [-0.39, 0.29) is 30.6 Å². The van der Waals surface area contributed by atoms with Gasteiger partial charge < -0.3 is 48.9 Å². The van der Waals surface area contributed by atoms with Crippen molar-refractivity contribution in [3.05, 3.63) is 12.7 Å². The van der Waals surface area contributed by atoms with Crippen molar-refractivity contribution in [2.24, 2.45) is 17.8 Å². The van der Waals surface area contributed by atoms with E-state index < -0.39 is 71.4 Å². The number of amides is 1. The molecule has 12 nitrogen and oxygen atoms in total. The second kappa shape index (κ2) is 14.5. The average Bonchev–Trinajstić information content (AvgIpc) is 3.70. The van der Waals surface area contributed by atoms with E-state index in [0.29, 0.717) is 19.3 Å². The zero-order valence-electron chi connectivity index (χ0n) is 29.1. The Bertz CT molecular complexity index is 1040. The monoisotopic (exact) mass is 642 g/mol. The van der Waals surface area contributed by atoms with Gasteiger partial charge in [-0.3, -0.25) is 4.79 Å². The molecule has 0 saturated carbocycles. The zero-order chi connectivity index (χ0) is 34.1. The summed E-state index contributed by atoms with van der Waals surface area (Å²) in [4.78, 5) is 28.1. The summed E-state index contributed by atoms with van der Waals surface area (Å²) in [5.74, 6) is -2.46. The summed E-state index contributed by atoms with van der Waals surface area (Å²) >= 11 is 0. The minimum Gasteiger partial charge on any atom is -0.458 e. The van der Waals surface area contributed by atoms with Gasteiger partial charge in [0.1, 0.15) is 17.8 Å². The summed E-state index contributed by atoms with van der Waals surface area (Å²) in [7, 11) is 6.85. The molecule has 3 rings (SSSR count). The molecule has 3 aliphatic heterocycles. The van der Waals surface area contributed by atoms with Crippen LogP contribution < -0.4 is 5.32 Å². The first-order chi connectivity index (χ1) is 20.9. The van der Waals surface area contributed by atoms with Crippen LogP contribution in [0.2, 0.25) is 0 Å². The van der Waals surface area contributed by atoms with Crippen LogP contribution in [-0.2, 0) is 33.2 Å². The molecule has 3 aliphatic rings. The SMILES string of the molecule is C=C[C@@]12O[C@@H]1C[C@](C)(OC(=O)NC)[C@@H](CC)OC(=O)[C@H](C)[C@@H](O)[C@H](C)[C@@H](O[C@@H]1O[C@H](C)C[C@H](N(C)C)[C@H]1O)[C@](C)(OC)C[C@H]2C. The molecule has 45 heavy (non-hydrogen) atoms. The van der Waals surface area contributed by atoms with Crippen molar-refractivity contribution < 1.29 is 48.2 Å². The Morgan fingerprint density at radius 1 is 1.13 bits per heavy atom. The predicted octanol–water partition coefficient (Wildman–Crippen LogP) is 3.03. The van der Waals surface area contributed by atoms with E-state index in [1.54, 1.807) is 34.0 Å². The number of likely N-dealkylation sites (N-methyl/N-ethyl adjacent to an activating group) is 1. The summed E-state index contributed by atoms with van der Waals surface area (Å²) in [6.45, 7) is 16.9. The minimum atomic E-state index is -1.23. The van der Waals surface area contributed by atoms with Crippen molar-refractivity contribution in [2.45, 2.75) is 140 Å². The number of hydrogen-bond acceptors (Lipinski definition) is 11. The number of epoxide rings is 1. The highest BCUT2D eigenvalue weighted by Gasteiger charge is 2.63. The van der Waals surface area contributed by atoms with Crippen LogP contribution >= 0.6 is 0 Å². The van der Waals surface area contributed by atoms with Crippen LogP contribution in [-0.4, -0.2) is 121 Å². The number of rotatable bonds is 7. The first-order valence-electron chi connectivity index (χ1n) is 16.2. The molecular formula is C33H58N2O10. The largest absolute Gasteiger partial charge is 0.458 e. The van der Waals surface area contributed by atoms with E-state index in [4.69, 9.17) is 28.4 Å². The molecule has 0 aromatic heterocycles. The number of fused-ring (bicyclic) bond motifs is 1. The number of carbonyl (C=O) groups is 2. The Labute approximate surface area is 269 Å². The second-order valence-corrected chi connectivity index (χ2v) is 14.0. The zero-order valence-corrected chi connectivity index (χ0v) is 29.1. The molecular weight excluding hydrogens is 584 g/mol. The molecule has 1 amide bonds. The maximum absolute atomic E-state index is 13.6. The van der Waals surface area contributed by atoms with Gasteiger partial charge in [-0.15, -0.1) is 6.58 Å². The Hall–Kier alpha value is -1.80. The van der Waals surface area contributed by atoms with Gasteiger partial charge in [-0.2, -0.15) is 0 Å². The van der Waals surface area contributed by atoms with Crippen LogP contribution in [0.3, 0.4) is 0 Å². The van der Waals surface area contributed by atoms with Crippen molar-refractivity contribution in [1.29, 1.82) is 0 Å². The highest BCUT2D eigenvalue weighted by molar-refractivity contribution is 5.73. The van der Waals surface area contributed by atoms with Crippen LogP contribution in [0.4, 0.5) is 4.79 Å². The Morgan fingerprint density at radius 3 is 2.31 bits per heavy atom. The molecule has 0 unspecified atom stereocenters. The van der Waals surface area contributed by atoms with Crippen LogP contribution in [0.25, 0.3) is 0 Å². The topological polar surface area (TPSA) is 149 Å². The summed E-state index contributed by atoms with van der Waals surface area (Å²) in [6.07, 6.45) is -2.66. The normalized spacial score (nSPS) is 46.4. The number of ether oxygens (including phenoxy) is 6. The standard InChI is InChI=1S/C33H58N2O10/c1-13-23-31(7,45-30(39)34-9)17-24-33(14-2,44-24)18(3)16-32(8,40-12)27(20(5)25(36)21(6)28(38)42-23)43-29-26(37)22(35(10)11)15-19(4)41-29/h14,18-27,29,36-37H,2,13,15-17H2,1,3-12H3,(H,34,39)/t18-,19-,20+,21-,22+,23-,24-,25+,26-,27-,29+,31+,32-,33+/m1/s1. The maximum Gasteiger partial charge on any atom is 0.407 e. The first-order valence-corrected chi connectivity index (χ1v) is 16.2. The number of nitrogens with one attached hydrogen (secondary N) is 1. The molecule has 0 aromatic carbocycles. The smallest absolute Gasteiger partial charge is 0.407 e. The molecule has 3 saturated heterocycles. The number of alkyl carbamates (subject to hydrolysis) is 1. The Balaban J connectivity index is 2.08. The second-order valence-electron chi connectivity index (χ2n) is 14.0. The number of methoxy groups -OCH3 is 1. The number of carbonyl (C=O) groups excluding carboxylic acids is 2. The molecule has 3 heterocycles. The van der Waals surface area contributed by atoms with E-state index in [9.17, 15) is 19.8 Å². The van der Waals surface area contributed by atoms with E-state index in [2.05, 4.69) is 11.9 Å². The highest BCUT2D eigenvalue weighted by Crippen LogP contribution is 2.52. The van der Waals surface area contributed by atoms with E-state index in [1.807, 2.05) is 46.7 Å². The van der Waals surface area contributed by atoms with Crippen molar-refractivity contribution >= 4 is 12.1 Å². The predicted molar refractivity (Wildman–Crippen MR) is 167 cm³/mol. The van der Waals surface area contributed by atoms with Gasteiger partial charge in [0.25, 0.3) is 0 Å². The lowest BCUT2D eigenvalue weighted by Gasteiger charge is -2.48. The molecule has 0 bridgehead atoms. The number of aliphatic hydroxyl groups excluding tert-OH is 2. The number of nitrogens with zero attached hydrogens (tertiary/aromatic N) is 1. The Morgan fingerprint density at radius 2 is 1.78 bits per heavy atom. The minimum absolute atomic E-state index is 0.168. The van der Waals surface area contributed by atoms with Crippen LogP contribution in [0.1, 0.15) is 74.1 Å². The van der Waals surface area contributed by atoms with Crippen molar-refractivity contribution in [3.8, 4) is 0 Å². The molecule has 260 valence electrons. The van der Waals surface area contributed by atoms with E-state index >= 15 is 0 Å². The van der Waals surface area contributed by atoms with Gasteiger partial charge in [0.05, 0.1) is 35.9 Å². The number of cyclic esters (lactones) is 1. The lowest BCUT2D eigenvalue weighted by molar-refractivity contribution is -0.301. The third-order valence-electron chi connectivity index (χ3n) is 10.5. The molecule has 0 aromatic rings. The first kappa shape index (κ1) is 37.7. The molecule has 3 N–H and O–H groups in total.